The van der Waals surface area contributed by atoms with Crippen LogP contribution in [0.1, 0.15) is 41.7 Å². The largest absolute Gasteiger partial charge is 0.373 e. The Morgan fingerprint density at radius 1 is 1.02 bits per heavy atom. The summed E-state index contributed by atoms with van der Waals surface area (Å²) in [6.07, 6.45) is 5.45. The van der Waals surface area contributed by atoms with Gasteiger partial charge >= 0.3 is 0 Å². The highest BCUT2D eigenvalue weighted by molar-refractivity contribution is 6.36. The van der Waals surface area contributed by atoms with Crippen molar-refractivity contribution in [3.05, 3.63) is 106 Å². The Labute approximate surface area is 246 Å². The molecular formula is C30H25Cl2FN8. The zero-order valence-electron chi connectivity index (χ0n) is 21.8. The van der Waals surface area contributed by atoms with Gasteiger partial charge in [0.25, 0.3) is 0 Å². The predicted molar refractivity (Wildman–Crippen MR) is 159 cm³/mol. The Morgan fingerprint density at radius 2 is 1.80 bits per heavy atom. The Hall–Kier alpha value is -4.23. The Morgan fingerprint density at radius 3 is 2.56 bits per heavy atom. The second kappa shape index (κ2) is 11.7. The molecule has 0 unspecified atom stereocenters. The molecule has 1 fully saturated rings. The zero-order chi connectivity index (χ0) is 28.3. The van der Waals surface area contributed by atoms with Crippen molar-refractivity contribution >= 4 is 51.2 Å². The van der Waals surface area contributed by atoms with Crippen LogP contribution in [0.5, 0.6) is 0 Å². The van der Waals surface area contributed by atoms with Gasteiger partial charge in [-0.3, -0.25) is 4.98 Å². The first-order valence-corrected chi connectivity index (χ1v) is 13.9. The van der Waals surface area contributed by atoms with Crippen molar-refractivity contribution in [3.8, 4) is 6.07 Å². The van der Waals surface area contributed by atoms with Crippen LogP contribution in [0.2, 0.25) is 10.0 Å². The minimum Gasteiger partial charge on any atom is -0.373 e. The molecule has 1 atom stereocenters. The number of nitrogens with zero attached hydrogens (tertiary/aromatic N) is 5. The fraction of sp³-hybridized carbons (Fsp3) is 0.200. The molecule has 3 heterocycles. The molecule has 1 saturated heterocycles. The topological polar surface area (TPSA) is 103 Å². The number of nitrogens with one attached hydrogen (secondary N) is 3. The molecule has 41 heavy (non-hydrogen) atoms. The summed E-state index contributed by atoms with van der Waals surface area (Å²) >= 11 is 12.7. The van der Waals surface area contributed by atoms with Crippen molar-refractivity contribution < 1.29 is 4.39 Å². The summed E-state index contributed by atoms with van der Waals surface area (Å²) in [5.74, 6) is -0.532. The fourth-order valence-electron chi connectivity index (χ4n) is 5.09. The minimum atomic E-state index is -0.532. The second-order valence-corrected chi connectivity index (χ2v) is 10.7. The lowest BCUT2D eigenvalue weighted by molar-refractivity contribution is 0.337. The van der Waals surface area contributed by atoms with E-state index in [0.717, 1.165) is 37.2 Å². The van der Waals surface area contributed by atoms with Gasteiger partial charge in [-0.05, 0) is 61.8 Å². The van der Waals surface area contributed by atoms with Gasteiger partial charge < -0.3 is 16.0 Å². The van der Waals surface area contributed by atoms with Gasteiger partial charge in [-0.2, -0.15) is 5.26 Å². The molecule has 1 aliphatic rings. The summed E-state index contributed by atoms with van der Waals surface area (Å²) in [5, 5.41) is 30.1. The molecule has 2 aromatic heterocycles. The van der Waals surface area contributed by atoms with E-state index in [-0.39, 0.29) is 11.1 Å². The molecule has 8 nitrogen and oxygen atoms in total. The van der Waals surface area contributed by atoms with E-state index in [1.807, 2.05) is 47.3 Å². The third-order valence-corrected chi connectivity index (χ3v) is 7.76. The van der Waals surface area contributed by atoms with Gasteiger partial charge in [0.1, 0.15) is 17.6 Å². The smallest absolute Gasteiger partial charge is 0.141 e. The number of anilines is 3. The SMILES string of the molecule is N#Cc1cnc2c(Cl)cc(N[C@@H](c3ccccc3)c3cn(C4CCNCC4)nn3)cc2c1Nc1ccc(F)c(Cl)c1. The first-order valence-electron chi connectivity index (χ1n) is 13.2. The number of benzene rings is 3. The maximum Gasteiger partial charge on any atom is 0.141 e. The van der Waals surface area contributed by atoms with E-state index in [2.05, 4.69) is 37.3 Å². The quantitative estimate of drug-likeness (QED) is 0.188. The highest BCUT2D eigenvalue weighted by atomic mass is 35.5. The molecule has 6 rings (SSSR count). The van der Waals surface area contributed by atoms with Gasteiger partial charge in [0.05, 0.1) is 45.1 Å². The van der Waals surface area contributed by atoms with Crippen LogP contribution in [0.15, 0.2) is 73.1 Å². The third-order valence-electron chi connectivity index (χ3n) is 7.18. The maximum absolute atomic E-state index is 13.8. The Bertz CT molecular complexity index is 1750. The van der Waals surface area contributed by atoms with Crippen LogP contribution in [0.3, 0.4) is 0 Å². The van der Waals surface area contributed by atoms with Gasteiger partial charge in [0.2, 0.25) is 0 Å². The van der Waals surface area contributed by atoms with Crippen LogP contribution in [0.25, 0.3) is 10.9 Å². The summed E-state index contributed by atoms with van der Waals surface area (Å²) in [4.78, 5) is 4.44. The van der Waals surface area contributed by atoms with E-state index in [4.69, 9.17) is 23.2 Å². The molecule has 11 heteroatoms. The van der Waals surface area contributed by atoms with Crippen LogP contribution in [0.4, 0.5) is 21.5 Å². The molecule has 0 aliphatic carbocycles. The van der Waals surface area contributed by atoms with Crippen molar-refractivity contribution in [2.24, 2.45) is 0 Å². The number of rotatable bonds is 7. The summed E-state index contributed by atoms with van der Waals surface area (Å²) in [6, 6.07) is 20.1. The third kappa shape index (κ3) is 5.68. The highest BCUT2D eigenvalue weighted by Gasteiger charge is 2.23. The van der Waals surface area contributed by atoms with Crippen molar-refractivity contribution in [3.63, 3.8) is 0 Å². The molecule has 0 bridgehead atoms. The van der Waals surface area contributed by atoms with Gasteiger partial charge in [0.15, 0.2) is 0 Å². The molecule has 206 valence electrons. The lowest BCUT2D eigenvalue weighted by Gasteiger charge is -2.22. The van der Waals surface area contributed by atoms with E-state index in [1.165, 1.54) is 18.3 Å². The number of piperidine rings is 1. The van der Waals surface area contributed by atoms with Crippen LogP contribution < -0.4 is 16.0 Å². The molecule has 3 N–H and O–H groups in total. The highest BCUT2D eigenvalue weighted by Crippen LogP contribution is 2.37. The molecule has 3 aromatic carbocycles. The first kappa shape index (κ1) is 27.0. The molecule has 0 amide bonds. The van der Waals surface area contributed by atoms with Crippen molar-refractivity contribution in [1.82, 2.24) is 25.3 Å². The maximum atomic E-state index is 13.8. The fourth-order valence-corrected chi connectivity index (χ4v) is 5.54. The number of pyridine rings is 1. The van der Waals surface area contributed by atoms with Crippen LogP contribution in [-0.2, 0) is 0 Å². The summed E-state index contributed by atoms with van der Waals surface area (Å²) in [7, 11) is 0. The van der Waals surface area contributed by atoms with Crippen molar-refractivity contribution in [2.75, 3.05) is 23.7 Å². The average molecular weight is 587 g/mol. The molecule has 0 radical (unpaired) electrons. The number of fused-ring (bicyclic) bond motifs is 1. The average Bonchev–Trinajstić information content (AvgIpc) is 3.49. The number of halogens is 3. The van der Waals surface area contributed by atoms with Crippen LogP contribution >= 0.6 is 23.2 Å². The first-order chi connectivity index (χ1) is 20.0. The van der Waals surface area contributed by atoms with E-state index in [1.54, 1.807) is 12.1 Å². The molecular weight excluding hydrogens is 562 g/mol. The van der Waals surface area contributed by atoms with E-state index in [9.17, 15) is 9.65 Å². The normalized spacial score (nSPS) is 14.5. The van der Waals surface area contributed by atoms with E-state index >= 15 is 0 Å². The van der Waals surface area contributed by atoms with E-state index in [0.29, 0.717) is 44.6 Å². The summed E-state index contributed by atoms with van der Waals surface area (Å²) in [5.41, 5.74) is 4.30. The van der Waals surface area contributed by atoms with Gasteiger partial charge in [-0.25, -0.2) is 9.07 Å². The monoisotopic (exact) mass is 586 g/mol. The van der Waals surface area contributed by atoms with Crippen LogP contribution in [0, 0.1) is 17.1 Å². The van der Waals surface area contributed by atoms with Gasteiger partial charge in [-0.15, -0.1) is 5.10 Å². The number of aromatic nitrogens is 4. The standard InChI is InChI=1S/C30H25Cl2FN8/c31-24-13-20(6-7-26(24)33)37-28-19(15-34)16-36-30-23(28)12-21(14-25(30)32)38-29(18-4-2-1-3-5-18)27-17-41(40-39-27)22-8-10-35-11-9-22/h1-7,12-14,16-17,22,29,35,38H,8-11H2,(H,36,37)/t29-/m0/s1. The number of nitriles is 1. The minimum absolute atomic E-state index is 0.0319. The molecule has 0 spiro atoms. The lowest BCUT2D eigenvalue weighted by atomic mass is 10.0. The summed E-state index contributed by atoms with van der Waals surface area (Å²) in [6.45, 7) is 1.91. The van der Waals surface area contributed by atoms with Gasteiger partial charge in [0, 0.05) is 23.0 Å². The van der Waals surface area contributed by atoms with Crippen LogP contribution in [-0.4, -0.2) is 33.1 Å². The molecule has 5 aromatic rings. The lowest BCUT2D eigenvalue weighted by Crippen LogP contribution is -2.29. The van der Waals surface area contributed by atoms with Gasteiger partial charge in [-0.1, -0.05) is 58.7 Å². The summed E-state index contributed by atoms with van der Waals surface area (Å²) < 4.78 is 15.7. The zero-order valence-corrected chi connectivity index (χ0v) is 23.3. The van der Waals surface area contributed by atoms with E-state index < -0.39 is 5.82 Å². The Kier molecular flexibility index (Phi) is 7.70. The van der Waals surface area contributed by atoms with Crippen molar-refractivity contribution in [2.45, 2.75) is 24.9 Å². The second-order valence-electron chi connectivity index (χ2n) is 9.86. The predicted octanol–water partition coefficient (Wildman–Crippen LogP) is 7.01. The number of hydrogen-bond donors (Lipinski definition) is 3. The molecule has 0 saturated carbocycles. The van der Waals surface area contributed by atoms with Crippen molar-refractivity contribution in [1.29, 1.82) is 5.26 Å². The Balaban J connectivity index is 1.41. The molecule has 1 aliphatic heterocycles. The number of hydrogen-bond acceptors (Lipinski definition) is 7.